The first-order valence-corrected chi connectivity index (χ1v) is 7.21. The van der Waals surface area contributed by atoms with E-state index in [9.17, 15) is 4.79 Å². The molecule has 21 heavy (non-hydrogen) atoms. The number of likely N-dealkylation sites (N-methyl/N-ethyl adjacent to an activating group) is 1. The fraction of sp³-hybridized carbons (Fsp3) is 0.294. The molecule has 0 saturated carbocycles. The lowest BCUT2D eigenvalue weighted by Gasteiger charge is -2.23. The molecule has 2 N–H and O–H groups in total. The summed E-state index contributed by atoms with van der Waals surface area (Å²) >= 11 is 0. The number of nitrogens with zero attached hydrogens (tertiary/aromatic N) is 1. The Hall–Kier alpha value is -2.20. The Balaban J connectivity index is 2.23. The van der Waals surface area contributed by atoms with Crippen LogP contribution in [0.5, 0.6) is 0 Å². The van der Waals surface area contributed by atoms with E-state index in [1.165, 1.54) is 0 Å². The van der Waals surface area contributed by atoms with Crippen molar-refractivity contribution in [1.29, 1.82) is 0 Å². The van der Waals surface area contributed by atoms with E-state index in [0.29, 0.717) is 6.54 Å². The van der Waals surface area contributed by atoms with Gasteiger partial charge in [-0.3, -0.25) is 15.1 Å². The number of rotatable bonds is 6. The maximum atomic E-state index is 12.0. The summed E-state index contributed by atoms with van der Waals surface area (Å²) in [6.07, 6.45) is 3.54. The summed E-state index contributed by atoms with van der Waals surface area (Å²) in [6.45, 7) is 4.43. The van der Waals surface area contributed by atoms with Crippen LogP contribution in [0.1, 0.15) is 31.0 Å². The molecular formula is C17H21N3O. The van der Waals surface area contributed by atoms with Gasteiger partial charge in [0, 0.05) is 18.9 Å². The van der Waals surface area contributed by atoms with Crippen molar-refractivity contribution in [2.75, 3.05) is 6.54 Å². The van der Waals surface area contributed by atoms with Crippen LogP contribution in [0.4, 0.5) is 0 Å². The van der Waals surface area contributed by atoms with Crippen LogP contribution in [-0.4, -0.2) is 23.5 Å². The van der Waals surface area contributed by atoms with Crippen molar-refractivity contribution < 1.29 is 4.79 Å². The van der Waals surface area contributed by atoms with Crippen molar-refractivity contribution >= 4 is 5.91 Å². The lowest BCUT2D eigenvalue weighted by molar-refractivity contribution is -0.122. The van der Waals surface area contributed by atoms with Crippen molar-refractivity contribution in [3.05, 3.63) is 66.0 Å². The lowest BCUT2D eigenvalue weighted by atomic mass is 9.99. The maximum absolute atomic E-state index is 12.0. The Morgan fingerprint density at radius 1 is 1.10 bits per heavy atom. The topological polar surface area (TPSA) is 54.0 Å². The molecule has 0 saturated heterocycles. The van der Waals surface area contributed by atoms with Gasteiger partial charge in [-0.25, -0.2) is 0 Å². The molecule has 2 atom stereocenters. The molecule has 2 unspecified atom stereocenters. The average Bonchev–Trinajstić information content (AvgIpc) is 2.54. The zero-order chi connectivity index (χ0) is 15.1. The number of hydrogen-bond donors (Lipinski definition) is 2. The zero-order valence-electron chi connectivity index (χ0n) is 12.4. The van der Waals surface area contributed by atoms with Crippen LogP contribution in [0.15, 0.2) is 54.9 Å². The van der Waals surface area contributed by atoms with Gasteiger partial charge in [-0.15, -0.1) is 0 Å². The van der Waals surface area contributed by atoms with Gasteiger partial charge in [0.1, 0.15) is 0 Å². The van der Waals surface area contributed by atoms with Crippen molar-refractivity contribution in [3.63, 3.8) is 0 Å². The van der Waals surface area contributed by atoms with E-state index in [-0.39, 0.29) is 18.0 Å². The van der Waals surface area contributed by atoms with Crippen LogP contribution in [0.3, 0.4) is 0 Å². The summed E-state index contributed by atoms with van der Waals surface area (Å²) < 4.78 is 0. The molecule has 2 rings (SSSR count). The summed E-state index contributed by atoms with van der Waals surface area (Å²) in [5.41, 5.74) is 2.21. The highest BCUT2D eigenvalue weighted by atomic mass is 16.2. The normalized spacial score (nSPS) is 13.4. The molecular weight excluding hydrogens is 262 g/mol. The Morgan fingerprint density at radius 3 is 2.33 bits per heavy atom. The second-order valence-corrected chi connectivity index (χ2v) is 4.91. The largest absolute Gasteiger partial charge is 0.355 e. The van der Waals surface area contributed by atoms with Gasteiger partial charge in [0.2, 0.25) is 5.91 Å². The summed E-state index contributed by atoms with van der Waals surface area (Å²) in [6, 6.07) is 13.7. The summed E-state index contributed by atoms with van der Waals surface area (Å²) in [5.74, 6) is 0.00693. The lowest BCUT2D eigenvalue weighted by Crippen LogP contribution is -2.43. The Labute approximate surface area is 125 Å². The van der Waals surface area contributed by atoms with Crippen LogP contribution in [0, 0.1) is 0 Å². The van der Waals surface area contributed by atoms with Gasteiger partial charge in [-0.2, -0.15) is 0 Å². The number of nitrogens with one attached hydrogen (secondary N) is 2. The van der Waals surface area contributed by atoms with Crippen LogP contribution >= 0.6 is 0 Å². The van der Waals surface area contributed by atoms with Crippen molar-refractivity contribution in [2.24, 2.45) is 0 Å². The molecule has 0 fully saturated rings. The molecule has 0 radical (unpaired) electrons. The fourth-order valence-electron chi connectivity index (χ4n) is 2.24. The molecule has 0 aliphatic heterocycles. The maximum Gasteiger partial charge on any atom is 0.236 e. The molecule has 2 aromatic rings. The van der Waals surface area contributed by atoms with E-state index in [0.717, 1.165) is 11.1 Å². The molecule has 0 spiro atoms. The first-order chi connectivity index (χ1) is 10.2. The van der Waals surface area contributed by atoms with Gasteiger partial charge < -0.3 is 5.32 Å². The fourth-order valence-corrected chi connectivity index (χ4v) is 2.24. The number of carbonyl (C=O) groups excluding carboxylic acids is 1. The van der Waals surface area contributed by atoms with Gasteiger partial charge in [-0.05, 0) is 37.1 Å². The SMILES string of the molecule is CCNC(=O)C(C)NC(c1ccccc1)c1ccncc1. The number of hydrogen-bond acceptors (Lipinski definition) is 3. The highest BCUT2D eigenvalue weighted by Gasteiger charge is 2.20. The van der Waals surface area contributed by atoms with Crippen molar-refractivity contribution in [2.45, 2.75) is 25.9 Å². The quantitative estimate of drug-likeness (QED) is 0.855. The Bertz CT molecular complexity index is 517. The van der Waals surface area contributed by atoms with Gasteiger partial charge in [0.05, 0.1) is 12.1 Å². The van der Waals surface area contributed by atoms with Crippen molar-refractivity contribution in [1.82, 2.24) is 15.6 Å². The standard InChI is InChI=1S/C17H21N3O/c1-3-19-17(21)13(2)20-16(14-7-5-4-6-8-14)15-9-11-18-12-10-15/h4-13,16,20H,3H2,1-2H3,(H,19,21). The minimum Gasteiger partial charge on any atom is -0.355 e. The van der Waals surface area contributed by atoms with E-state index in [4.69, 9.17) is 0 Å². The van der Waals surface area contributed by atoms with Gasteiger partial charge in [0.15, 0.2) is 0 Å². The number of amides is 1. The van der Waals surface area contributed by atoms with Crippen LogP contribution in [0.2, 0.25) is 0 Å². The van der Waals surface area contributed by atoms with E-state index in [1.807, 2.05) is 44.2 Å². The van der Waals surface area contributed by atoms with Crippen LogP contribution in [0.25, 0.3) is 0 Å². The Morgan fingerprint density at radius 2 is 1.71 bits per heavy atom. The summed E-state index contributed by atoms with van der Waals surface area (Å²) in [7, 11) is 0. The van der Waals surface area contributed by atoms with Crippen LogP contribution in [-0.2, 0) is 4.79 Å². The number of benzene rings is 1. The summed E-state index contributed by atoms with van der Waals surface area (Å²) in [4.78, 5) is 16.0. The third-order valence-electron chi connectivity index (χ3n) is 3.33. The highest BCUT2D eigenvalue weighted by molar-refractivity contribution is 5.81. The first kappa shape index (κ1) is 15.2. The predicted molar refractivity (Wildman–Crippen MR) is 83.8 cm³/mol. The molecule has 0 aliphatic carbocycles. The molecule has 1 aromatic heterocycles. The van der Waals surface area contributed by atoms with Crippen LogP contribution < -0.4 is 10.6 Å². The third kappa shape index (κ3) is 4.13. The second-order valence-electron chi connectivity index (χ2n) is 4.91. The predicted octanol–water partition coefficient (Wildman–Crippen LogP) is 2.29. The second kappa shape index (κ2) is 7.55. The van der Waals surface area contributed by atoms with E-state index in [2.05, 4.69) is 27.8 Å². The number of aromatic nitrogens is 1. The van der Waals surface area contributed by atoms with E-state index in [1.54, 1.807) is 12.4 Å². The molecule has 0 aliphatic rings. The summed E-state index contributed by atoms with van der Waals surface area (Å²) in [5, 5.41) is 6.23. The molecule has 1 amide bonds. The van der Waals surface area contributed by atoms with E-state index >= 15 is 0 Å². The third-order valence-corrected chi connectivity index (χ3v) is 3.33. The molecule has 4 heteroatoms. The Kier molecular flexibility index (Phi) is 5.46. The highest BCUT2D eigenvalue weighted by Crippen LogP contribution is 2.21. The molecule has 0 bridgehead atoms. The smallest absolute Gasteiger partial charge is 0.236 e. The minimum absolute atomic E-state index is 0.00693. The molecule has 110 valence electrons. The minimum atomic E-state index is -0.275. The zero-order valence-corrected chi connectivity index (χ0v) is 12.4. The number of carbonyl (C=O) groups is 1. The monoisotopic (exact) mass is 283 g/mol. The number of pyridine rings is 1. The molecule has 1 aromatic carbocycles. The van der Waals surface area contributed by atoms with Gasteiger partial charge in [-0.1, -0.05) is 30.3 Å². The molecule has 4 nitrogen and oxygen atoms in total. The van der Waals surface area contributed by atoms with E-state index < -0.39 is 0 Å². The van der Waals surface area contributed by atoms with Crippen molar-refractivity contribution in [3.8, 4) is 0 Å². The van der Waals surface area contributed by atoms with Gasteiger partial charge in [0.25, 0.3) is 0 Å². The van der Waals surface area contributed by atoms with Gasteiger partial charge >= 0.3 is 0 Å². The average molecular weight is 283 g/mol. The molecule has 1 heterocycles. The first-order valence-electron chi connectivity index (χ1n) is 7.21.